The molecule has 1 aliphatic carbocycles. The van der Waals surface area contributed by atoms with Gasteiger partial charge in [-0.05, 0) is 76.8 Å². The normalized spacial score (nSPS) is 21.1. The largest absolute Gasteiger partial charge is 0.490 e. The Morgan fingerprint density at radius 3 is 2.53 bits per heavy atom. The van der Waals surface area contributed by atoms with E-state index < -0.39 is 0 Å². The van der Waals surface area contributed by atoms with Crippen LogP contribution in [-0.4, -0.2) is 62.4 Å². The molecular formula is C30H42N2O4. The van der Waals surface area contributed by atoms with Gasteiger partial charge in [-0.1, -0.05) is 30.3 Å². The van der Waals surface area contributed by atoms with E-state index in [2.05, 4.69) is 24.1 Å². The number of piperidine rings is 1. The van der Waals surface area contributed by atoms with Crippen LogP contribution >= 0.6 is 0 Å². The number of hydrogen-bond acceptors (Lipinski definition) is 5. The van der Waals surface area contributed by atoms with Crippen LogP contribution in [0.2, 0.25) is 0 Å². The Balaban J connectivity index is 1.74. The van der Waals surface area contributed by atoms with Gasteiger partial charge in [-0.15, -0.1) is 0 Å². The Bertz CT molecular complexity index is 1020. The number of methoxy groups -OCH3 is 1. The molecule has 2 aromatic rings. The first-order chi connectivity index (χ1) is 17.4. The molecule has 1 amide bonds. The van der Waals surface area contributed by atoms with Gasteiger partial charge < -0.3 is 24.4 Å². The van der Waals surface area contributed by atoms with E-state index in [0.717, 1.165) is 37.1 Å². The number of nitrogens with one attached hydrogen (secondary N) is 1. The topological polar surface area (TPSA) is 60.0 Å². The third-order valence-corrected chi connectivity index (χ3v) is 7.29. The van der Waals surface area contributed by atoms with E-state index in [9.17, 15) is 4.79 Å². The van der Waals surface area contributed by atoms with Gasteiger partial charge in [0.15, 0.2) is 11.5 Å². The molecule has 2 unspecified atom stereocenters. The molecule has 36 heavy (non-hydrogen) atoms. The van der Waals surface area contributed by atoms with Crippen molar-refractivity contribution in [3.63, 3.8) is 0 Å². The Labute approximate surface area is 216 Å². The molecule has 1 aliphatic heterocycles. The van der Waals surface area contributed by atoms with Crippen LogP contribution in [0, 0.1) is 5.41 Å². The van der Waals surface area contributed by atoms with Gasteiger partial charge in [-0.25, -0.2) is 0 Å². The third kappa shape index (κ3) is 5.87. The Hall–Kier alpha value is -2.57. The molecule has 0 bridgehead atoms. The highest BCUT2D eigenvalue weighted by Gasteiger charge is 2.58. The van der Waals surface area contributed by atoms with Gasteiger partial charge in [0.05, 0.1) is 18.3 Å². The summed E-state index contributed by atoms with van der Waals surface area (Å²) in [4.78, 5) is 16.5. The fourth-order valence-electron chi connectivity index (χ4n) is 5.48. The number of ether oxygens (including phenoxy) is 3. The molecule has 1 heterocycles. The molecule has 196 valence electrons. The molecule has 2 fully saturated rings. The first-order valence-corrected chi connectivity index (χ1v) is 13.4. The average Bonchev–Trinajstić information content (AvgIpc) is 3.53. The van der Waals surface area contributed by atoms with Crippen LogP contribution in [0.1, 0.15) is 63.7 Å². The smallest absolute Gasteiger partial charge is 0.255 e. The van der Waals surface area contributed by atoms with Crippen molar-refractivity contribution in [2.75, 3.05) is 33.4 Å². The SMILES string of the molecule is COCCCOc1cc(C(=O)N(C(C)C)C2CC23CCCNC3)c(-c2ccccc2)cc1OC(C)C. The van der Waals surface area contributed by atoms with Gasteiger partial charge in [-0.2, -0.15) is 0 Å². The van der Waals surface area contributed by atoms with Gasteiger partial charge in [0.25, 0.3) is 5.91 Å². The highest BCUT2D eigenvalue weighted by Crippen LogP contribution is 2.54. The van der Waals surface area contributed by atoms with Crippen LogP contribution in [-0.2, 0) is 4.74 Å². The Morgan fingerprint density at radius 1 is 1.11 bits per heavy atom. The van der Waals surface area contributed by atoms with Crippen molar-refractivity contribution >= 4 is 5.91 Å². The predicted octanol–water partition coefficient (Wildman–Crippen LogP) is 5.55. The van der Waals surface area contributed by atoms with Crippen LogP contribution in [0.5, 0.6) is 11.5 Å². The summed E-state index contributed by atoms with van der Waals surface area (Å²) < 4.78 is 17.5. The fourth-order valence-corrected chi connectivity index (χ4v) is 5.48. The average molecular weight is 495 g/mol. The number of carbonyl (C=O) groups is 1. The second-order valence-electron chi connectivity index (χ2n) is 10.7. The van der Waals surface area contributed by atoms with E-state index >= 15 is 0 Å². The summed E-state index contributed by atoms with van der Waals surface area (Å²) in [6, 6.07) is 14.4. The highest BCUT2D eigenvalue weighted by molar-refractivity contribution is 6.02. The van der Waals surface area contributed by atoms with E-state index in [1.807, 2.05) is 56.3 Å². The van der Waals surface area contributed by atoms with Crippen LogP contribution in [0.25, 0.3) is 11.1 Å². The molecule has 2 aromatic carbocycles. The van der Waals surface area contributed by atoms with Crippen molar-refractivity contribution in [3.05, 3.63) is 48.0 Å². The maximum atomic E-state index is 14.3. The lowest BCUT2D eigenvalue weighted by Gasteiger charge is -2.33. The molecule has 6 heteroatoms. The standard InChI is InChI=1S/C30H42N2O4/c1-21(2)32(28-19-30(28)13-9-14-31-20-30)29(33)25-18-26(35-16-10-15-34-5)27(36-22(3)4)17-24(25)23-11-7-6-8-12-23/h6-8,11-12,17-18,21-22,28,31H,9-10,13-16,19-20H2,1-5H3. The minimum absolute atomic E-state index is 0.0196. The van der Waals surface area contributed by atoms with E-state index in [1.54, 1.807) is 7.11 Å². The van der Waals surface area contributed by atoms with Gasteiger partial charge in [0.1, 0.15) is 0 Å². The van der Waals surface area contributed by atoms with Crippen LogP contribution < -0.4 is 14.8 Å². The molecule has 1 N–H and O–H groups in total. The summed E-state index contributed by atoms with van der Waals surface area (Å²) in [5.74, 6) is 1.33. The summed E-state index contributed by atoms with van der Waals surface area (Å²) in [6.07, 6.45) is 4.17. The predicted molar refractivity (Wildman–Crippen MR) is 144 cm³/mol. The minimum atomic E-state index is -0.0196. The number of amides is 1. The summed E-state index contributed by atoms with van der Waals surface area (Å²) in [5, 5.41) is 3.56. The molecule has 2 atom stereocenters. The van der Waals surface area contributed by atoms with Gasteiger partial charge >= 0.3 is 0 Å². The molecule has 2 aliphatic rings. The van der Waals surface area contributed by atoms with E-state index in [-0.39, 0.29) is 29.5 Å². The second kappa shape index (κ2) is 11.7. The van der Waals surface area contributed by atoms with Crippen LogP contribution in [0.3, 0.4) is 0 Å². The zero-order valence-electron chi connectivity index (χ0n) is 22.5. The monoisotopic (exact) mass is 494 g/mol. The van der Waals surface area contributed by atoms with E-state index in [4.69, 9.17) is 14.2 Å². The quantitative estimate of drug-likeness (QED) is 0.415. The number of rotatable bonds is 11. The molecular weight excluding hydrogens is 452 g/mol. The van der Waals surface area contributed by atoms with Crippen LogP contribution in [0.15, 0.2) is 42.5 Å². The lowest BCUT2D eigenvalue weighted by Crippen LogP contribution is -2.44. The van der Waals surface area contributed by atoms with Crippen molar-refractivity contribution < 1.29 is 19.0 Å². The molecule has 1 saturated heterocycles. The van der Waals surface area contributed by atoms with Crippen molar-refractivity contribution in [1.29, 1.82) is 0 Å². The van der Waals surface area contributed by atoms with E-state index in [1.165, 1.54) is 12.8 Å². The third-order valence-electron chi connectivity index (χ3n) is 7.29. The zero-order chi connectivity index (χ0) is 25.7. The fraction of sp³-hybridized carbons (Fsp3) is 0.567. The maximum Gasteiger partial charge on any atom is 0.255 e. The first kappa shape index (κ1) is 26.5. The first-order valence-electron chi connectivity index (χ1n) is 13.4. The summed E-state index contributed by atoms with van der Waals surface area (Å²) in [6.45, 7) is 11.4. The van der Waals surface area contributed by atoms with Crippen LogP contribution in [0.4, 0.5) is 0 Å². The molecule has 0 radical (unpaired) electrons. The highest BCUT2D eigenvalue weighted by atomic mass is 16.5. The number of benzene rings is 2. The summed E-state index contributed by atoms with van der Waals surface area (Å²) >= 11 is 0. The second-order valence-corrected chi connectivity index (χ2v) is 10.7. The van der Waals surface area contributed by atoms with Crippen molar-refractivity contribution in [3.8, 4) is 22.6 Å². The Kier molecular flexibility index (Phi) is 8.58. The lowest BCUT2D eigenvalue weighted by molar-refractivity contribution is 0.0649. The molecule has 0 aromatic heterocycles. The van der Waals surface area contributed by atoms with Gasteiger partial charge in [0.2, 0.25) is 0 Å². The number of nitrogens with zero attached hydrogens (tertiary/aromatic N) is 1. The van der Waals surface area contributed by atoms with Gasteiger partial charge in [0, 0.05) is 44.2 Å². The lowest BCUT2D eigenvalue weighted by atomic mass is 9.94. The number of hydrogen-bond donors (Lipinski definition) is 1. The maximum absolute atomic E-state index is 14.3. The minimum Gasteiger partial charge on any atom is -0.490 e. The van der Waals surface area contributed by atoms with Crippen molar-refractivity contribution in [2.24, 2.45) is 5.41 Å². The summed E-state index contributed by atoms with van der Waals surface area (Å²) in [7, 11) is 1.69. The van der Waals surface area contributed by atoms with Crippen molar-refractivity contribution in [2.45, 2.75) is 71.6 Å². The number of carbonyl (C=O) groups excluding carboxylic acids is 1. The molecule has 6 nitrogen and oxygen atoms in total. The van der Waals surface area contributed by atoms with Gasteiger partial charge in [-0.3, -0.25) is 4.79 Å². The van der Waals surface area contributed by atoms with Crippen molar-refractivity contribution in [1.82, 2.24) is 10.2 Å². The molecule has 1 saturated carbocycles. The molecule has 4 rings (SSSR count). The molecule has 1 spiro atoms. The summed E-state index contributed by atoms with van der Waals surface area (Å²) in [5.41, 5.74) is 2.75. The zero-order valence-corrected chi connectivity index (χ0v) is 22.5. The van der Waals surface area contributed by atoms with E-state index in [0.29, 0.717) is 30.3 Å². The Morgan fingerprint density at radius 2 is 1.89 bits per heavy atom.